The quantitative estimate of drug-likeness (QED) is 0.738. The molecule has 4 N–H and O–H groups in total. The lowest BCUT2D eigenvalue weighted by Crippen LogP contribution is -2.29. The van der Waals surface area contributed by atoms with Gasteiger partial charge in [0.05, 0.1) is 11.9 Å². The highest BCUT2D eigenvalue weighted by atomic mass is 32.1. The molecule has 0 atom stereocenters. The van der Waals surface area contributed by atoms with E-state index in [0.717, 1.165) is 5.56 Å². The van der Waals surface area contributed by atoms with E-state index in [4.69, 9.17) is 18.0 Å². The Bertz CT molecular complexity index is 668. The monoisotopic (exact) mass is 307 g/mol. The van der Waals surface area contributed by atoms with E-state index in [1.54, 1.807) is 19.2 Å². The summed E-state index contributed by atoms with van der Waals surface area (Å²) in [6.07, 6.45) is 1.46. The number of primary amides is 1. The Morgan fingerprint density at radius 2 is 2.10 bits per heavy atom. The number of halogens is 1. The molecule has 0 fully saturated rings. The van der Waals surface area contributed by atoms with Crippen LogP contribution in [0.15, 0.2) is 30.5 Å². The minimum atomic E-state index is -0.598. The Labute approximate surface area is 126 Å². The summed E-state index contributed by atoms with van der Waals surface area (Å²) in [6.45, 7) is 0.429. The number of hydrogen-bond donors (Lipinski definition) is 3. The third-order valence-electron chi connectivity index (χ3n) is 2.79. The van der Waals surface area contributed by atoms with Crippen LogP contribution in [0.4, 0.5) is 10.1 Å². The molecule has 2 rings (SSSR count). The fourth-order valence-electron chi connectivity index (χ4n) is 1.77. The Morgan fingerprint density at radius 3 is 2.71 bits per heavy atom. The number of amides is 1. The van der Waals surface area contributed by atoms with Gasteiger partial charge in [-0.1, -0.05) is 12.1 Å². The summed E-state index contributed by atoms with van der Waals surface area (Å²) in [6, 6.07) is 6.06. The average Bonchev–Trinajstić information content (AvgIpc) is 2.79. The maximum atomic E-state index is 12.8. The smallest absolute Gasteiger partial charge is 0.269 e. The van der Waals surface area contributed by atoms with Crippen molar-refractivity contribution in [3.8, 4) is 0 Å². The van der Waals surface area contributed by atoms with Crippen LogP contribution in [0.5, 0.6) is 0 Å². The van der Waals surface area contributed by atoms with Gasteiger partial charge in [-0.2, -0.15) is 5.10 Å². The second kappa shape index (κ2) is 6.31. The lowest BCUT2D eigenvalue weighted by Gasteiger charge is -2.10. The first-order valence-electron chi connectivity index (χ1n) is 6.08. The third kappa shape index (κ3) is 3.76. The van der Waals surface area contributed by atoms with E-state index < -0.39 is 5.91 Å². The summed E-state index contributed by atoms with van der Waals surface area (Å²) in [5.41, 5.74) is 6.82. The van der Waals surface area contributed by atoms with Crippen LogP contribution in [-0.4, -0.2) is 20.8 Å². The van der Waals surface area contributed by atoms with E-state index in [2.05, 4.69) is 15.7 Å². The first-order chi connectivity index (χ1) is 9.97. The number of nitrogens with one attached hydrogen (secondary N) is 2. The van der Waals surface area contributed by atoms with E-state index in [1.807, 2.05) is 0 Å². The van der Waals surface area contributed by atoms with Crippen molar-refractivity contribution >= 4 is 28.9 Å². The molecule has 0 saturated carbocycles. The van der Waals surface area contributed by atoms with Crippen molar-refractivity contribution in [1.29, 1.82) is 0 Å². The molecule has 2 aromatic rings. The second-order valence-corrected chi connectivity index (χ2v) is 4.74. The molecule has 0 saturated heterocycles. The molecule has 6 nitrogen and oxygen atoms in total. The van der Waals surface area contributed by atoms with Crippen molar-refractivity contribution in [2.45, 2.75) is 6.54 Å². The molecule has 0 radical (unpaired) electrons. The van der Waals surface area contributed by atoms with Gasteiger partial charge in [0.25, 0.3) is 5.91 Å². The highest BCUT2D eigenvalue weighted by Gasteiger charge is 2.14. The Kier molecular flexibility index (Phi) is 4.49. The van der Waals surface area contributed by atoms with Gasteiger partial charge in [-0.25, -0.2) is 4.39 Å². The SMILES string of the molecule is Cn1ncc(NC(=S)NCc2ccc(F)cc2)c1C(N)=O. The number of thiocarbonyl (C=S) groups is 1. The number of benzene rings is 1. The molecule has 0 unspecified atom stereocenters. The molecule has 1 amide bonds. The fraction of sp³-hybridized carbons (Fsp3) is 0.154. The number of hydrogen-bond acceptors (Lipinski definition) is 3. The third-order valence-corrected chi connectivity index (χ3v) is 3.03. The lowest BCUT2D eigenvalue weighted by molar-refractivity contribution is 0.0992. The predicted molar refractivity (Wildman–Crippen MR) is 81.2 cm³/mol. The van der Waals surface area contributed by atoms with E-state index in [-0.39, 0.29) is 11.5 Å². The van der Waals surface area contributed by atoms with Crippen LogP contribution >= 0.6 is 12.2 Å². The zero-order valence-electron chi connectivity index (χ0n) is 11.3. The summed E-state index contributed by atoms with van der Waals surface area (Å²) < 4.78 is 14.2. The second-order valence-electron chi connectivity index (χ2n) is 4.33. The molecule has 1 heterocycles. The molecule has 8 heteroatoms. The van der Waals surface area contributed by atoms with Gasteiger partial charge in [0.2, 0.25) is 0 Å². The summed E-state index contributed by atoms with van der Waals surface area (Å²) in [5, 5.41) is 10.1. The maximum absolute atomic E-state index is 12.8. The van der Waals surface area contributed by atoms with Crippen LogP contribution in [0.2, 0.25) is 0 Å². The van der Waals surface area contributed by atoms with Gasteiger partial charge < -0.3 is 16.4 Å². The van der Waals surface area contributed by atoms with Crippen molar-refractivity contribution in [2.75, 3.05) is 5.32 Å². The van der Waals surface area contributed by atoms with Crippen LogP contribution in [0.3, 0.4) is 0 Å². The van der Waals surface area contributed by atoms with Crippen LogP contribution in [0.1, 0.15) is 16.1 Å². The van der Waals surface area contributed by atoms with Crippen molar-refractivity contribution in [3.63, 3.8) is 0 Å². The number of carbonyl (C=O) groups is 1. The van der Waals surface area contributed by atoms with E-state index >= 15 is 0 Å². The predicted octanol–water partition coefficient (Wildman–Crippen LogP) is 1.14. The summed E-state index contributed by atoms with van der Waals surface area (Å²) in [7, 11) is 1.61. The van der Waals surface area contributed by atoms with Crippen molar-refractivity contribution in [3.05, 3.63) is 47.5 Å². The van der Waals surface area contributed by atoms with Crippen LogP contribution in [0.25, 0.3) is 0 Å². The number of aromatic nitrogens is 2. The molecular formula is C13H14FN5OS. The van der Waals surface area contributed by atoms with E-state index in [0.29, 0.717) is 17.3 Å². The molecule has 0 aliphatic rings. The zero-order valence-corrected chi connectivity index (χ0v) is 12.1. The Hall–Kier alpha value is -2.48. The fourth-order valence-corrected chi connectivity index (χ4v) is 1.95. The molecule has 0 aliphatic carbocycles. The Balaban J connectivity index is 1.96. The molecule has 0 spiro atoms. The van der Waals surface area contributed by atoms with Crippen LogP contribution in [-0.2, 0) is 13.6 Å². The van der Waals surface area contributed by atoms with Gasteiger partial charge in [-0.15, -0.1) is 0 Å². The minimum Gasteiger partial charge on any atom is -0.364 e. The van der Waals surface area contributed by atoms with Crippen LogP contribution in [0, 0.1) is 5.82 Å². The molecule has 1 aromatic carbocycles. The number of rotatable bonds is 4. The summed E-state index contributed by atoms with van der Waals surface area (Å²) in [5.74, 6) is -0.889. The standard InChI is InChI=1S/C13H14FN5OS/c1-19-11(12(15)20)10(7-17-19)18-13(21)16-6-8-2-4-9(14)5-3-8/h2-5,7H,6H2,1H3,(H2,15,20)(H2,16,18,21). The van der Waals surface area contributed by atoms with E-state index in [1.165, 1.54) is 23.0 Å². The topological polar surface area (TPSA) is 85.0 Å². The van der Waals surface area contributed by atoms with Gasteiger partial charge in [-0.3, -0.25) is 9.48 Å². The largest absolute Gasteiger partial charge is 0.364 e. The first kappa shape index (κ1) is 14.9. The number of nitrogens with zero attached hydrogens (tertiary/aromatic N) is 2. The number of aryl methyl sites for hydroxylation is 1. The number of carbonyl (C=O) groups excluding carboxylic acids is 1. The van der Waals surface area contributed by atoms with Crippen molar-refractivity contribution in [1.82, 2.24) is 15.1 Å². The normalized spacial score (nSPS) is 10.2. The van der Waals surface area contributed by atoms with E-state index in [9.17, 15) is 9.18 Å². The molecule has 21 heavy (non-hydrogen) atoms. The van der Waals surface area contributed by atoms with Gasteiger partial charge in [0.15, 0.2) is 5.11 Å². The molecular weight excluding hydrogens is 293 g/mol. The maximum Gasteiger partial charge on any atom is 0.269 e. The Morgan fingerprint density at radius 1 is 1.43 bits per heavy atom. The van der Waals surface area contributed by atoms with Gasteiger partial charge in [0.1, 0.15) is 11.5 Å². The van der Waals surface area contributed by atoms with Gasteiger partial charge in [0, 0.05) is 13.6 Å². The molecule has 0 bridgehead atoms. The molecule has 110 valence electrons. The van der Waals surface area contributed by atoms with Crippen molar-refractivity contribution < 1.29 is 9.18 Å². The van der Waals surface area contributed by atoms with Crippen molar-refractivity contribution in [2.24, 2.45) is 12.8 Å². The van der Waals surface area contributed by atoms with Gasteiger partial charge in [-0.05, 0) is 29.9 Å². The molecule has 1 aromatic heterocycles. The lowest BCUT2D eigenvalue weighted by atomic mass is 10.2. The highest BCUT2D eigenvalue weighted by molar-refractivity contribution is 7.80. The summed E-state index contributed by atoms with van der Waals surface area (Å²) in [4.78, 5) is 11.3. The summed E-state index contributed by atoms with van der Waals surface area (Å²) >= 11 is 5.13. The highest BCUT2D eigenvalue weighted by Crippen LogP contribution is 2.13. The number of nitrogens with two attached hydrogens (primary N) is 1. The minimum absolute atomic E-state index is 0.237. The molecule has 0 aliphatic heterocycles. The van der Waals surface area contributed by atoms with Crippen LogP contribution < -0.4 is 16.4 Å². The zero-order chi connectivity index (χ0) is 15.4. The first-order valence-corrected chi connectivity index (χ1v) is 6.49. The number of anilines is 1. The average molecular weight is 307 g/mol. The van der Waals surface area contributed by atoms with Gasteiger partial charge >= 0.3 is 0 Å².